The highest BCUT2D eigenvalue weighted by atomic mass is 16.5. The summed E-state index contributed by atoms with van der Waals surface area (Å²) in [6, 6.07) is 1.85. The molecule has 30 heavy (non-hydrogen) atoms. The molecule has 0 saturated heterocycles. The first-order valence-electron chi connectivity index (χ1n) is 10.0. The molecule has 0 aliphatic carbocycles. The minimum Gasteiger partial charge on any atom is -0.507 e. The number of aromatic hydroxyl groups is 2. The van der Waals surface area contributed by atoms with Crippen molar-refractivity contribution in [2.24, 2.45) is 7.05 Å². The lowest BCUT2D eigenvalue weighted by Gasteiger charge is -2.27. The summed E-state index contributed by atoms with van der Waals surface area (Å²) in [6.45, 7) is 8.01. The van der Waals surface area contributed by atoms with E-state index in [0.717, 1.165) is 16.8 Å². The third-order valence-corrected chi connectivity index (χ3v) is 5.22. The van der Waals surface area contributed by atoms with Crippen LogP contribution < -0.4 is 4.74 Å². The second kappa shape index (κ2) is 8.69. The molecule has 3 rings (SSSR count). The topological polar surface area (TPSA) is 76.7 Å². The third-order valence-electron chi connectivity index (χ3n) is 5.22. The van der Waals surface area contributed by atoms with E-state index in [0.29, 0.717) is 53.2 Å². The summed E-state index contributed by atoms with van der Waals surface area (Å²) < 4.78 is 13.6. The zero-order chi connectivity index (χ0) is 22.0. The van der Waals surface area contributed by atoms with Crippen LogP contribution in [0.1, 0.15) is 50.1 Å². The van der Waals surface area contributed by atoms with Crippen LogP contribution in [0.25, 0.3) is 5.76 Å². The fourth-order valence-electron chi connectivity index (χ4n) is 3.51. The molecule has 1 aliphatic rings. The van der Waals surface area contributed by atoms with E-state index in [1.54, 1.807) is 18.0 Å². The molecule has 0 fully saturated rings. The first-order valence-corrected chi connectivity index (χ1v) is 10.0. The highest BCUT2D eigenvalue weighted by molar-refractivity contribution is 5.72. The van der Waals surface area contributed by atoms with E-state index in [9.17, 15) is 10.2 Å². The van der Waals surface area contributed by atoms with Gasteiger partial charge in [0.2, 0.25) is 0 Å². The van der Waals surface area contributed by atoms with Gasteiger partial charge >= 0.3 is 0 Å². The molecule has 2 aromatic rings. The maximum atomic E-state index is 11.1. The number of aromatic nitrogens is 2. The summed E-state index contributed by atoms with van der Waals surface area (Å²) in [4.78, 5) is 0. The van der Waals surface area contributed by atoms with Crippen molar-refractivity contribution in [1.82, 2.24) is 9.78 Å². The molecular formula is C24H30N2O4. The second-order valence-corrected chi connectivity index (χ2v) is 8.01. The predicted molar refractivity (Wildman–Crippen MR) is 118 cm³/mol. The molecule has 1 aromatic heterocycles. The largest absolute Gasteiger partial charge is 0.507 e. The Kier molecular flexibility index (Phi) is 6.25. The smallest absolute Gasteiger partial charge is 0.190 e. The molecule has 6 nitrogen and oxygen atoms in total. The summed E-state index contributed by atoms with van der Waals surface area (Å²) in [7, 11) is 3.42. The molecule has 0 unspecified atom stereocenters. The van der Waals surface area contributed by atoms with Gasteiger partial charge in [0.05, 0.1) is 7.11 Å². The molecule has 1 aromatic carbocycles. The van der Waals surface area contributed by atoms with Crippen LogP contribution in [-0.4, -0.2) is 27.1 Å². The Morgan fingerprint density at radius 1 is 1.10 bits per heavy atom. The number of phenols is 2. The van der Waals surface area contributed by atoms with Gasteiger partial charge in [0.25, 0.3) is 0 Å². The number of benzene rings is 1. The first-order chi connectivity index (χ1) is 14.2. The molecule has 2 heterocycles. The Morgan fingerprint density at radius 2 is 1.73 bits per heavy atom. The minimum absolute atomic E-state index is 0.0551. The number of aryl methyl sites for hydroxylation is 1. The van der Waals surface area contributed by atoms with Crippen LogP contribution in [0.2, 0.25) is 0 Å². The van der Waals surface area contributed by atoms with Crippen LogP contribution in [0.3, 0.4) is 0 Å². The lowest BCUT2D eigenvalue weighted by Crippen LogP contribution is -2.16. The van der Waals surface area contributed by atoms with Gasteiger partial charge in [-0.1, -0.05) is 23.3 Å². The van der Waals surface area contributed by atoms with Crippen LogP contribution in [0.5, 0.6) is 17.2 Å². The van der Waals surface area contributed by atoms with Gasteiger partial charge in [-0.15, -0.1) is 0 Å². The average Bonchev–Trinajstić information content (AvgIpc) is 3.12. The number of rotatable bonds is 6. The molecular weight excluding hydrogens is 380 g/mol. The van der Waals surface area contributed by atoms with Gasteiger partial charge in [0.1, 0.15) is 28.7 Å². The Morgan fingerprint density at radius 3 is 2.27 bits per heavy atom. The van der Waals surface area contributed by atoms with Crippen molar-refractivity contribution in [1.29, 1.82) is 0 Å². The molecule has 0 spiro atoms. The van der Waals surface area contributed by atoms with Crippen LogP contribution in [0.15, 0.2) is 41.3 Å². The number of hydrogen-bond acceptors (Lipinski definition) is 5. The van der Waals surface area contributed by atoms with E-state index < -0.39 is 0 Å². The van der Waals surface area contributed by atoms with Crippen molar-refractivity contribution in [2.45, 2.75) is 47.0 Å². The SMILES string of the molecule is COC1=C(c2ccnn2C)Oc2c(CC=C(C)C)c(O)c(CC=C(C)C)c(O)c2C1. The zero-order valence-electron chi connectivity index (χ0n) is 18.5. The maximum Gasteiger partial charge on any atom is 0.190 e. The number of fused-ring (bicyclic) bond motifs is 1. The van der Waals surface area contributed by atoms with Crippen molar-refractivity contribution in [3.8, 4) is 17.2 Å². The standard InChI is InChI=1S/C24H30N2O4/c1-14(2)7-9-16-21(27)17(10-8-15(3)4)23-18(22(16)28)13-20(29-6)24(30-23)19-11-12-25-26(19)5/h7-8,11-12,27-28H,9-10,13H2,1-6H3. The van der Waals surface area contributed by atoms with Gasteiger partial charge in [-0.05, 0) is 46.6 Å². The molecule has 0 amide bonds. The van der Waals surface area contributed by atoms with Gasteiger partial charge < -0.3 is 19.7 Å². The normalized spacial score (nSPS) is 12.9. The van der Waals surface area contributed by atoms with Gasteiger partial charge in [0.15, 0.2) is 5.76 Å². The van der Waals surface area contributed by atoms with Crippen LogP contribution in [0.4, 0.5) is 0 Å². The average molecular weight is 411 g/mol. The van der Waals surface area contributed by atoms with Crippen molar-refractivity contribution in [3.63, 3.8) is 0 Å². The monoisotopic (exact) mass is 410 g/mol. The van der Waals surface area contributed by atoms with Crippen molar-refractivity contribution >= 4 is 5.76 Å². The van der Waals surface area contributed by atoms with Gasteiger partial charge in [0, 0.05) is 36.4 Å². The van der Waals surface area contributed by atoms with E-state index >= 15 is 0 Å². The van der Waals surface area contributed by atoms with E-state index in [-0.39, 0.29) is 11.5 Å². The fraction of sp³-hybridized carbons (Fsp3) is 0.375. The lowest BCUT2D eigenvalue weighted by atomic mass is 9.92. The van der Waals surface area contributed by atoms with Crippen molar-refractivity contribution in [2.75, 3.05) is 7.11 Å². The highest BCUT2D eigenvalue weighted by Gasteiger charge is 2.32. The van der Waals surface area contributed by atoms with E-state index in [1.807, 2.05) is 53.0 Å². The van der Waals surface area contributed by atoms with E-state index in [2.05, 4.69) is 5.10 Å². The summed E-state index contributed by atoms with van der Waals surface area (Å²) in [5.41, 5.74) is 4.82. The second-order valence-electron chi connectivity index (χ2n) is 8.01. The molecule has 1 aliphatic heterocycles. The summed E-state index contributed by atoms with van der Waals surface area (Å²) in [5.74, 6) is 1.76. The van der Waals surface area contributed by atoms with E-state index in [1.165, 1.54) is 0 Å². The number of allylic oxidation sites excluding steroid dienone is 5. The molecule has 0 saturated carbocycles. The quantitative estimate of drug-likeness (QED) is 0.669. The molecule has 0 bridgehead atoms. The molecule has 160 valence electrons. The number of nitrogens with zero attached hydrogens (tertiary/aromatic N) is 2. The highest BCUT2D eigenvalue weighted by Crippen LogP contribution is 2.48. The maximum absolute atomic E-state index is 11.1. The van der Waals surface area contributed by atoms with Crippen LogP contribution in [0, 0.1) is 0 Å². The number of methoxy groups -OCH3 is 1. The van der Waals surface area contributed by atoms with Gasteiger partial charge in [-0.2, -0.15) is 5.10 Å². The summed E-state index contributed by atoms with van der Waals surface area (Å²) >= 11 is 0. The Balaban J connectivity index is 2.21. The zero-order valence-corrected chi connectivity index (χ0v) is 18.5. The van der Waals surface area contributed by atoms with Crippen LogP contribution in [-0.2, 0) is 31.0 Å². The summed E-state index contributed by atoms with van der Waals surface area (Å²) in [6.07, 6.45) is 7.02. The Hall–Kier alpha value is -3.15. The van der Waals surface area contributed by atoms with Crippen molar-refractivity contribution in [3.05, 3.63) is 63.7 Å². The Labute approximate surface area is 177 Å². The molecule has 6 heteroatoms. The number of ether oxygens (including phenoxy) is 2. The fourth-order valence-corrected chi connectivity index (χ4v) is 3.51. The predicted octanol–water partition coefficient (Wildman–Crippen LogP) is 4.80. The van der Waals surface area contributed by atoms with Gasteiger partial charge in [-0.3, -0.25) is 4.68 Å². The third kappa shape index (κ3) is 4.08. The lowest BCUT2D eigenvalue weighted by molar-refractivity contribution is 0.263. The molecule has 2 N–H and O–H groups in total. The minimum atomic E-state index is 0.0551. The summed E-state index contributed by atoms with van der Waals surface area (Å²) in [5, 5.41) is 26.3. The molecule has 0 atom stereocenters. The first kappa shape index (κ1) is 21.6. The van der Waals surface area contributed by atoms with Crippen molar-refractivity contribution < 1.29 is 19.7 Å². The molecule has 0 radical (unpaired) electrons. The number of hydrogen-bond donors (Lipinski definition) is 2. The Bertz CT molecular complexity index is 1050. The van der Waals surface area contributed by atoms with E-state index in [4.69, 9.17) is 9.47 Å². The van der Waals surface area contributed by atoms with Gasteiger partial charge in [-0.25, -0.2) is 0 Å². The number of phenolic OH excluding ortho intramolecular Hbond substituents is 2. The van der Waals surface area contributed by atoms with Crippen LogP contribution >= 0.6 is 0 Å².